The molecule has 112 valence electrons. The molecule has 0 amide bonds. The van der Waals surface area contributed by atoms with Crippen molar-refractivity contribution in [2.45, 2.75) is 12.6 Å². The Kier molecular flexibility index (Phi) is 3.75. The summed E-state index contributed by atoms with van der Waals surface area (Å²) in [7, 11) is 4.89. The van der Waals surface area contributed by atoms with E-state index in [4.69, 9.17) is 14.2 Å². The molecule has 5 nitrogen and oxygen atoms in total. The third kappa shape index (κ3) is 2.34. The highest BCUT2D eigenvalue weighted by molar-refractivity contribution is 5.55. The summed E-state index contributed by atoms with van der Waals surface area (Å²) in [5, 5.41) is 3.55. The largest absolute Gasteiger partial charge is 0.493 e. The zero-order valence-electron chi connectivity index (χ0n) is 12.6. The molecule has 1 aliphatic heterocycles. The maximum Gasteiger partial charge on any atom is 0.203 e. The SMILES string of the molecule is COc1cc([C@@H]2NCCn3cccc32)cc(OC)c1OC. The van der Waals surface area contributed by atoms with E-state index in [9.17, 15) is 0 Å². The van der Waals surface area contributed by atoms with Gasteiger partial charge < -0.3 is 24.1 Å². The number of nitrogens with one attached hydrogen (secondary N) is 1. The van der Waals surface area contributed by atoms with E-state index in [2.05, 4.69) is 28.2 Å². The zero-order chi connectivity index (χ0) is 14.8. The summed E-state index contributed by atoms with van der Waals surface area (Å²) in [4.78, 5) is 0. The van der Waals surface area contributed by atoms with Crippen LogP contribution in [0.15, 0.2) is 30.5 Å². The van der Waals surface area contributed by atoms with Gasteiger partial charge in [-0.05, 0) is 29.8 Å². The fourth-order valence-electron chi connectivity index (χ4n) is 2.88. The van der Waals surface area contributed by atoms with E-state index in [-0.39, 0.29) is 6.04 Å². The highest BCUT2D eigenvalue weighted by Crippen LogP contribution is 2.41. The number of benzene rings is 1. The fourth-order valence-corrected chi connectivity index (χ4v) is 2.88. The number of methoxy groups -OCH3 is 3. The Morgan fingerprint density at radius 2 is 1.81 bits per heavy atom. The van der Waals surface area contributed by atoms with Crippen LogP contribution < -0.4 is 19.5 Å². The van der Waals surface area contributed by atoms with Crippen LogP contribution in [0.4, 0.5) is 0 Å². The molecule has 0 aliphatic carbocycles. The van der Waals surface area contributed by atoms with Crippen LogP contribution in [0.3, 0.4) is 0 Å². The third-order valence-electron chi connectivity index (χ3n) is 3.88. The molecule has 0 bridgehead atoms. The van der Waals surface area contributed by atoms with Crippen molar-refractivity contribution in [3.05, 3.63) is 41.7 Å². The molecule has 0 unspecified atom stereocenters. The van der Waals surface area contributed by atoms with Crippen molar-refractivity contribution in [3.8, 4) is 17.2 Å². The van der Waals surface area contributed by atoms with Crippen LogP contribution in [0.2, 0.25) is 0 Å². The Bertz CT molecular complexity index is 611. The van der Waals surface area contributed by atoms with Gasteiger partial charge in [-0.3, -0.25) is 0 Å². The molecule has 0 spiro atoms. The van der Waals surface area contributed by atoms with Crippen LogP contribution in [0.1, 0.15) is 17.3 Å². The molecule has 1 aromatic heterocycles. The second-order valence-corrected chi connectivity index (χ2v) is 4.97. The van der Waals surface area contributed by atoms with E-state index >= 15 is 0 Å². The highest BCUT2D eigenvalue weighted by atomic mass is 16.5. The van der Waals surface area contributed by atoms with Crippen LogP contribution in [-0.2, 0) is 6.54 Å². The lowest BCUT2D eigenvalue weighted by atomic mass is 10.0. The minimum absolute atomic E-state index is 0.127. The van der Waals surface area contributed by atoms with Crippen molar-refractivity contribution in [1.82, 2.24) is 9.88 Å². The van der Waals surface area contributed by atoms with Crippen LogP contribution >= 0.6 is 0 Å². The molecule has 5 heteroatoms. The first-order chi connectivity index (χ1) is 10.3. The number of fused-ring (bicyclic) bond motifs is 1. The summed E-state index contributed by atoms with van der Waals surface area (Å²) in [6.07, 6.45) is 2.11. The average molecular weight is 288 g/mol. The first-order valence-electron chi connectivity index (χ1n) is 6.96. The lowest BCUT2D eigenvalue weighted by molar-refractivity contribution is 0.323. The molecule has 0 saturated heterocycles. The standard InChI is InChI=1S/C16H20N2O3/c1-19-13-9-11(10-14(20-2)16(13)21-3)15-12-5-4-7-18(12)8-6-17-15/h4-5,7,9-10,15,17H,6,8H2,1-3H3/t15-/m0/s1. The summed E-state index contributed by atoms with van der Waals surface area (Å²) in [5.41, 5.74) is 2.35. The van der Waals surface area contributed by atoms with Gasteiger partial charge in [-0.2, -0.15) is 0 Å². The first-order valence-corrected chi connectivity index (χ1v) is 6.96. The van der Waals surface area contributed by atoms with Crippen molar-refractivity contribution in [2.75, 3.05) is 27.9 Å². The van der Waals surface area contributed by atoms with Crippen molar-refractivity contribution in [2.24, 2.45) is 0 Å². The molecule has 21 heavy (non-hydrogen) atoms. The van der Waals surface area contributed by atoms with Crippen LogP contribution in [0, 0.1) is 0 Å². The number of rotatable bonds is 4. The summed E-state index contributed by atoms with van der Waals surface area (Å²) < 4.78 is 18.5. The van der Waals surface area contributed by atoms with Gasteiger partial charge in [0.1, 0.15) is 0 Å². The van der Waals surface area contributed by atoms with Gasteiger partial charge in [-0.25, -0.2) is 0 Å². The molecule has 1 N–H and O–H groups in total. The molecule has 0 saturated carbocycles. The molecule has 1 atom stereocenters. The Morgan fingerprint density at radius 3 is 2.43 bits per heavy atom. The van der Waals surface area contributed by atoms with E-state index in [1.807, 2.05) is 12.1 Å². The maximum absolute atomic E-state index is 5.44. The summed E-state index contributed by atoms with van der Waals surface area (Å²) in [6, 6.07) is 8.35. The smallest absolute Gasteiger partial charge is 0.203 e. The normalized spacial score (nSPS) is 17.2. The summed E-state index contributed by atoms with van der Waals surface area (Å²) in [6.45, 7) is 1.92. The fraction of sp³-hybridized carbons (Fsp3) is 0.375. The van der Waals surface area contributed by atoms with Gasteiger partial charge >= 0.3 is 0 Å². The van der Waals surface area contributed by atoms with E-state index in [0.717, 1.165) is 18.7 Å². The Balaban J connectivity index is 2.08. The molecule has 0 radical (unpaired) electrons. The van der Waals surface area contributed by atoms with Crippen LogP contribution in [0.25, 0.3) is 0 Å². The number of hydrogen-bond donors (Lipinski definition) is 1. The molecule has 1 aromatic carbocycles. The third-order valence-corrected chi connectivity index (χ3v) is 3.88. The predicted molar refractivity (Wildman–Crippen MR) is 80.4 cm³/mol. The van der Waals surface area contributed by atoms with Crippen LogP contribution in [-0.4, -0.2) is 32.4 Å². The Hall–Kier alpha value is -2.14. The Morgan fingerprint density at radius 1 is 1.10 bits per heavy atom. The second-order valence-electron chi connectivity index (χ2n) is 4.97. The van der Waals surface area contributed by atoms with Crippen molar-refractivity contribution >= 4 is 0 Å². The van der Waals surface area contributed by atoms with Crippen LogP contribution in [0.5, 0.6) is 17.2 Å². The number of aromatic nitrogens is 1. The molecule has 3 rings (SSSR count). The van der Waals surface area contributed by atoms with Gasteiger partial charge in [0.15, 0.2) is 11.5 Å². The van der Waals surface area contributed by atoms with Gasteiger partial charge in [-0.1, -0.05) is 0 Å². The van der Waals surface area contributed by atoms with E-state index in [0.29, 0.717) is 17.2 Å². The molecule has 2 aromatic rings. The van der Waals surface area contributed by atoms with Gasteiger partial charge in [0, 0.05) is 25.0 Å². The molecule has 2 heterocycles. The summed E-state index contributed by atoms with van der Waals surface area (Å²) >= 11 is 0. The van der Waals surface area contributed by atoms with Gasteiger partial charge in [0.05, 0.1) is 27.4 Å². The van der Waals surface area contributed by atoms with Gasteiger partial charge in [0.2, 0.25) is 5.75 Å². The number of ether oxygens (including phenoxy) is 3. The minimum Gasteiger partial charge on any atom is -0.493 e. The van der Waals surface area contributed by atoms with Crippen molar-refractivity contribution in [1.29, 1.82) is 0 Å². The topological polar surface area (TPSA) is 44.7 Å². The van der Waals surface area contributed by atoms with Crippen molar-refractivity contribution in [3.63, 3.8) is 0 Å². The molecular weight excluding hydrogens is 268 g/mol. The van der Waals surface area contributed by atoms with Gasteiger partial charge in [-0.15, -0.1) is 0 Å². The van der Waals surface area contributed by atoms with Crippen molar-refractivity contribution < 1.29 is 14.2 Å². The van der Waals surface area contributed by atoms with E-state index < -0.39 is 0 Å². The first kappa shape index (κ1) is 13.8. The summed E-state index contributed by atoms with van der Waals surface area (Å²) in [5.74, 6) is 1.98. The monoisotopic (exact) mass is 288 g/mol. The predicted octanol–water partition coefficient (Wildman–Crippen LogP) is 2.21. The minimum atomic E-state index is 0.127. The lowest BCUT2D eigenvalue weighted by Gasteiger charge is -2.27. The molecule has 0 fully saturated rings. The second kappa shape index (κ2) is 5.69. The number of hydrogen-bond acceptors (Lipinski definition) is 4. The molecular formula is C16H20N2O3. The molecule has 1 aliphatic rings. The number of nitrogens with zero attached hydrogens (tertiary/aromatic N) is 1. The Labute approximate surface area is 124 Å². The quantitative estimate of drug-likeness (QED) is 0.937. The van der Waals surface area contributed by atoms with E-state index in [1.165, 1.54) is 5.69 Å². The van der Waals surface area contributed by atoms with E-state index in [1.54, 1.807) is 21.3 Å². The average Bonchev–Trinajstić information content (AvgIpc) is 3.01. The zero-order valence-corrected chi connectivity index (χ0v) is 12.6. The highest BCUT2D eigenvalue weighted by Gasteiger charge is 2.24. The maximum atomic E-state index is 5.44. The lowest BCUT2D eigenvalue weighted by Crippen LogP contribution is -2.33. The van der Waals surface area contributed by atoms with Gasteiger partial charge in [0.25, 0.3) is 0 Å².